The third-order valence-corrected chi connectivity index (χ3v) is 7.49. The van der Waals surface area contributed by atoms with Gasteiger partial charge < -0.3 is 20.7 Å². The molecule has 2 aromatic heterocycles. The number of nitrogens with zero attached hydrogens (tertiary/aromatic N) is 4. The van der Waals surface area contributed by atoms with Gasteiger partial charge in [0.25, 0.3) is 15.8 Å². The molecule has 0 amide bonds. The number of aromatic nitrogens is 4. The molecule has 1 fully saturated rings. The van der Waals surface area contributed by atoms with Gasteiger partial charge in [-0.2, -0.15) is 22.4 Å². The van der Waals surface area contributed by atoms with Crippen LogP contribution in [0.15, 0.2) is 35.4 Å². The minimum Gasteiger partial charge on any atom is -0.387 e. The Morgan fingerprint density at radius 1 is 1.24 bits per heavy atom. The number of fused-ring (bicyclic) bond motifs is 2. The second kappa shape index (κ2) is 8.16. The lowest BCUT2D eigenvalue weighted by molar-refractivity contribution is -0.0330. The number of anilines is 1. The van der Waals surface area contributed by atoms with Gasteiger partial charge in [0, 0.05) is 19.6 Å². The van der Waals surface area contributed by atoms with Gasteiger partial charge in [0.2, 0.25) is 5.95 Å². The average Bonchev–Trinajstić information content (AvgIpc) is 3.33. The summed E-state index contributed by atoms with van der Waals surface area (Å²) < 4.78 is 36.5. The zero-order chi connectivity index (χ0) is 23.3. The van der Waals surface area contributed by atoms with Crippen molar-refractivity contribution in [3.05, 3.63) is 52.1 Å². The molecule has 4 heterocycles. The molecule has 2 aliphatic heterocycles. The minimum absolute atomic E-state index is 0.0102. The molecule has 5 rings (SSSR count). The molecule has 1 aromatic carbocycles. The first-order chi connectivity index (χ1) is 15.7. The molecule has 0 bridgehead atoms. The molecule has 14 heteroatoms. The second-order valence-electron chi connectivity index (χ2n) is 8.03. The quantitative estimate of drug-likeness (QED) is 0.283. The standard InChI is InChI=1S/C19H23N7O6S/c20-19-23-16-13(17(29)24-19)21-9-26(16)18-15(28)14(27)12(32-18)7-22-33(30,31)25-6-5-10-3-1-2-4-11(10)8-25/h1-4,9,12,14-15,18,22,27-28H,5-8H2,(H3,20,23,24,29)/t12-,14-,15-,18-/m1/s1. The Balaban J connectivity index is 1.30. The van der Waals surface area contributed by atoms with E-state index in [0.29, 0.717) is 13.0 Å². The summed E-state index contributed by atoms with van der Waals surface area (Å²) in [6.07, 6.45) is -3.16. The number of rotatable bonds is 5. The molecule has 0 spiro atoms. The lowest BCUT2D eigenvalue weighted by Gasteiger charge is -2.28. The summed E-state index contributed by atoms with van der Waals surface area (Å²) in [5.74, 6) is -0.144. The molecular weight excluding hydrogens is 454 g/mol. The number of ether oxygens (including phenoxy) is 1. The molecule has 2 aliphatic rings. The molecule has 1 saturated heterocycles. The van der Waals surface area contributed by atoms with Gasteiger partial charge in [-0.3, -0.25) is 14.3 Å². The summed E-state index contributed by atoms with van der Waals surface area (Å²) in [6.45, 7) is 0.305. The van der Waals surface area contributed by atoms with Gasteiger partial charge >= 0.3 is 0 Å². The van der Waals surface area contributed by atoms with Crippen LogP contribution in [0, 0.1) is 0 Å². The number of nitrogens with one attached hydrogen (secondary N) is 2. The number of nitrogens with two attached hydrogens (primary N) is 1. The highest BCUT2D eigenvalue weighted by Crippen LogP contribution is 2.31. The Labute approximate surface area is 188 Å². The van der Waals surface area contributed by atoms with Crippen molar-refractivity contribution in [2.75, 3.05) is 18.8 Å². The number of aromatic amines is 1. The molecule has 33 heavy (non-hydrogen) atoms. The van der Waals surface area contributed by atoms with Crippen LogP contribution in [0.4, 0.5) is 5.95 Å². The molecular formula is C19H23N7O6S. The molecule has 176 valence electrons. The summed E-state index contributed by atoms with van der Waals surface area (Å²) in [4.78, 5) is 22.3. The molecule has 0 aliphatic carbocycles. The van der Waals surface area contributed by atoms with Crippen LogP contribution < -0.4 is 16.0 Å². The first-order valence-corrected chi connectivity index (χ1v) is 11.7. The smallest absolute Gasteiger partial charge is 0.280 e. The van der Waals surface area contributed by atoms with Crippen molar-refractivity contribution < 1.29 is 23.4 Å². The number of nitrogen functional groups attached to an aromatic ring is 1. The summed E-state index contributed by atoms with van der Waals surface area (Å²) in [5.41, 5.74) is 7.15. The summed E-state index contributed by atoms with van der Waals surface area (Å²) in [7, 11) is -3.85. The van der Waals surface area contributed by atoms with Crippen molar-refractivity contribution >= 4 is 27.3 Å². The van der Waals surface area contributed by atoms with Crippen molar-refractivity contribution in [1.29, 1.82) is 0 Å². The van der Waals surface area contributed by atoms with E-state index in [9.17, 15) is 23.4 Å². The van der Waals surface area contributed by atoms with Gasteiger partial charge in [0.05, 0.1) is 6.33 Å². The summed E-state index contributed by atoms with van der Waals surface area (Å²) in [5, 5.41) is 21.0. The van der Waals surface area contributed by atoms with Crippen molar-refractivity contribution in [2.24, 2.45) is 0 Å². The van der Waals surface area contributed by atoms with E-state index in [2.05, 4.69) is 19.7 Å². The highest BCUT2D eigenvalue weighted by Gasteiger charge is 2.45. The van der Waals surface area contributed by atoms with Crippen molar-refractivity contribution in [3.63, 3.8) is 0 Å². The molecule has 0 unspecified atom stereocenters. The van der Waals surface area contributed by atoms with Crippen LogP contribution in [0.2, 0.25) is 0 Å². The topological polar surface area (TPSA) is 189 Å². The van der Waals surface area contributed by atoms with Gasteiger partial charge in [-0.1, -0.05) is 24.3 Å². The van der Waals surface area contributed by atoms with E-state index in [-0.39, 0.29) is 30.2 Å². The monoisotopic (exact) mass is 477 g/mol. The fraction of sp³-hybridized carbons (Fsp3) is 0.421. The lowest BCUT2D eigenvalue weighted by atomic mass is 10.0. The Morgan fingerprint density at radius 2 is 2.00 bits per heavy atom. The van der Waals surface area contributed by atoms with Crippen molar-refractivity contribution in [2.45, 2.75) is 37.5 Å². The largest absolute Gasteiger partial charge is 0.387 e. The maximum absolute atomic E-state index is 12.8. The number of H-pyrrole nitrogens is 1. The van der Waals surface area contributed by atoms with Crippen LogP contribution in [0.3, 0.4) is 0 Å². The maximum atomic E-state index is 12.8. The zero-order valence-electron chi connectivity index (χ0n) is 17.3. The van der Waals surface area contributed by atoms with Crippen molar-refractivity contribution in [3.8, 4) is 0 Å². The predicted molar refractivity (Wildman–Crippen MR) is 116 cm³/mol. The van der Waals surface area contributed by atoms with E-state index in [1.807, 2.05) is 24.3 Å². The van der Waals surface area contributed by atoms with Gasteiger partial charge in [-0.25, -0.2) is 4.98 Å². The van der Waals surface area contributed by atoms with E-state index in [4.69, 9.17) is 10.5 Å². The van der Waals surface area contributed by atoms with E-state index in [1.54, 1.807) is 0 Å². The molecule has 0 radical (unpaired) electrons. The lowest BCUT2D eigenvalue weighted by Crippen LogP contribution is -2.47. The van der Waals surface area contributed by atoms with Crippen LogP contribution in [0.1, 0.15) is 17.4 Å². The Bertz CT molecular complexity index is 1360. The molecule has 6 N–H and O–H groups in total. The summed E-state index contributed by atoms with van der Waals surface area (Å²) >= 11 is 0. The number of hydrogen-bond acceptors (Lipinski definition) is 9. The Kier molecular flexibility index (Phi) is 5.43. The minimum atomic E-state index is -3.85. The first kappa shape index (κ1) is 21.9. The Morgan fingerprint density at radius 3 is 2.79 bits per heavy atom. The maximum Gasteiger partial charge on any atom is 0.280 e. The van der Waals surface area contributed by atoms with Crippen LogP contribution in [-0.4, -0.2) is 73.9 Å². The SMILES string of the molecule is Nc1nc2c(ncn2[C@@H]2O[C@H](CNS(=O)(=O)N3CCc4ccccc4C3)[C@@H](O)[C@H]2O)c(=O)[nH]1. The van der Waals surface area contributed by atoms with Gasteiger partial charge in [0.1, 0.15) is 18.3 Å². The highest BCUT2D eigenvalue weighted by molar-refractivity contribution is 7.87. The van der Waals surface area contributed by atoms with Crippen LogP contribution in [0.25, 0.3) is 11.2 Å². The molecule has 4 atom stereocenters. The van der Waals surface area contributed by atoms with Crippen LogP contribution in [0.5, 0.6) is 0 Å². The number of aliphatic hydroxyl groups excluding tert-OH is 2. The number of aliphatic hydroxyl groups is 2. The second-order valence-corrected chi connectivity index (χ2v) is 9.78. The van der Waals surface area contributed by atoms with Gasteiger partial charge in [-0.15, -0.1) is 0 Å². The van der Waals surface area contributed by atoms with E-state index >= 15 is 0 Å². The number of hydrogen-bond donors (Lipinski definition) is 5. The zero-order valence-corrected chi connectivity index (χ0v) is 18.1. The predicted octanol–water partition coefficient (Wildman–Crippen LogP) is -1.79. The number of imidazole rings is 1. The van der Waals surface area contributed by atoms with Crippen LogP contribution >= 0.6 is 0 Å². The third kappa shape index (κ3) is 3.90. The molecule has 3 aromatic rings. The average molecular weight is 478 g/mol. The van der Waals surface area contributed by atoms with E-state index < -0.39 is 40.3 Å². The normalized spacial score (nSPS) is 26.0. The fourth-order valence-corrected chi connectivity index (χ4v) is 5.41. The third-order valence-electron chi connectivity index (χ3n) is 5.96. The number of benzene rings is 1. The van der Waals surface area contributed by atoms with Gasteiger partial charge in [-0.05, 0) is 17.5 Å². The molecule has 0 saturated carbocycles. The first-order valence-electron chi connectivity index (χ1n) is 10.3. The van der Waals surface area contributed by atoms with Crippen molar-refractivity contribution in [1.82, 2.24) is 28.5 Å². The van der Waals surface area contributed by atoms with E-state index in [1.165, 1.54) is 15.2 Å². The highest BCUT2D eigenvalue weighted by atomic mass is 32.2. The van der Waals surface area contributed by atoms with Crippen LogP contribution in [-0.2, 0) is 27.9 Å². The van der Waals surface area contributed by atoms with E-state index in [0.717, 1.165) is 11.1 Å². The summed E-state index contributed by atoms with van der Waals surface area (Å²) in [6, 6.07) is 7.66. The van der Waals surface area contributed by atoms with Gasteiger partial charge in [0.15, 0.2) is 17.4 Å². The fourth-order valence-electron chi connectivity index (χ4n) is 4.21. The Hall–Kier alpha value is -2.88. The molecule has 13 nitrogen and oxygen atoms in total.